The number of nitrogens with one attached hydrogen (secondary N) is 3. The lowest BCUT2D eigenvalue weighted by Gasteiger charge is -2.15. The molecule has 26 heavy (non-hydrogen) atoms. The molecule has 1 unspecified atom stereocenters. The van der Waals surface area contributed by atoms with Crippen LogP contribution in [0.5, 0.6) is 0 Å². The Morgan fingerprint density at radius 2 is 2.19 bits per heavy atom. The molecule has 1 aromatic carbocycles. The Morgan fingerprint density at radius 1 is 1.38 bits per heavy atom. The molecule has 2 heterocycles. The molecule has 0 bridgehead atoms. The summed E-state index contributed by atoms with van der Waals surface area (Å²) in [5.74, 6) is 1.15. The van der Waals surface area contributed by atoms with E-state index >= 15 is 0 Å². The third kappa shape index (κ3) is 5.35. The average Bonchev–Trinajstić information content (AvgIpc) is 3.10. The average molecular weight is 490 g/mol. The smallest absolute Gasteiger partial charge is 0.191 e. The number of aromatic nitrogens is 1. The summed E-state index contributed by atoms with van der Waals surface area (Å²) in [6, 6.07) is 6.37. The molecule has 6 nitrogen and oxygen atoms in total. The molecule has 3 rings (SSSR count). The maximum Gasteiger partial charge on any atom is 0.191 e. The fraction of sp³-hybridized carbons (Fsp3) is 0.500. The van der Waals surface area contributed by atoms with E-state index in [-0.39, 0.29) is 41.5 Å². The van der Waals surface area contributed by atoms with Gasteiger partial charge in [0.15, 0.2) is 15.8 Å². The van der Waals surface area contributed by atoms with Crippen LogP contribution in [0.1, 0.15) is 24.5 Å². The quantitative estimate of drug-likeness (QED) is 0.341. The molecular formula is C18H27IN4O2S. The molecule has 1 saturated heterocycles. The van der Waals surface area contributed by atoms with Gasteiger partial charge in [0.1, 0.15) is 0 Å². The van der Waals surface area contributed by atoms with Crippen molar-refractivity contribution in [1.82, 2.24) is 15.6 Å². The SMILES string of the molecule is CCNC(=NCCc1c[nH]c2cc(C)ccc12)NC1CCS(=O)(=O)C1.I. The summed E-state index contributed by atoms with van der Waals surface area (Å²) in [5.41, 5.74) is 3.64. The summed E-state index contributed by atoms with van der Waals surface area (Å²) >= 11 is 0. The van der Waals surface area contributed by atoms with E-state index in [0.717, 1.165) is 18.5 Å². The Morgan fingerprint density at radius 3 is 2.88 bits per heavy atom. The fourth-order valence-corrected chi connectivity index (χ4v) is 4.89. The van der Waals surface area contributed by atoms with Crippen molar-refractivity contribution in [1.29, 1.82) is 0 Å². The van der Waals surface area contributed by atoms with Crippen LogP contribution in [-0.4, -0.2) is 50.0 Å². The number of benzene rings is 1. The van der Waals surface area contributed by atoms with Crippen molar-refractivity contribution in [2.24, 2.45) is 4.99 Å². The van der Waals surface area contributed by atoms with E-state index in [4.69, 9.17) is 0 Å². The topological polar surface area (TPSA) is 86.3 Å². The second-order valence-electron chi connectivity index (χ2n) is 6.62. The zero-order valence-corrected chi connectivity index (χ0v) is 18.4. The minimum Gasteiger partial charge on any atom is -0.361 e. The van der Waals surface area contributed by atoms with Crippen LogP contribution in [0.15, 0.2) is 29.4 Å². The van der Waals surface area contributed by atoms with Crippen LogP contribution in [0.2, 0.25) is 0 Å². The van der Waals surface area contributed by atoms with Crippen molar-refractivity contribution < 1.29 is 8.42 Å². The predicted octanol–water partition coefficient (Wildman–Crippen LogP) is 2.38. The first-order chi connectivity index (χ1) is 12.0. The molecule has 2 aromatic rings. The molecule has 0 radical (unpaired) electrons. The van der Waals surface area contributed by atoms with Gasteiger partial charge >= 0.3 is 0 Å². The highest BCUT2D eigenvalue weighted by molar-refractivity contribution is 14.0. The summed E-state index contributed by atoms with van der Waals surface area (Å²) < 4.78 is 23.2. The van der Waals surface area contributed by atoms with E-state index < -0.39 is 9.84 Å². The summed E-state index contributed by atoms with van der Waals surface area (Å²) in [5, 5.41) is 7.68. The van der Waals surface area contributed by atoms with E-state index in [1.165, 1.54) is 16.5 Å². The maximum absolute atomic E-state index is 11.6. The number of aliphatic imine (C=N–C) groups is 1. The number of rotatable bonds is 5. The van der Waals surface area contributed by atoms with Crippen LogP contribution in [0.3, 0.4) is 0 Å². The Hall–Kier alpha value is -1.29. The van der Waals surface area contributed by atoms with Crippen LogP contribution in [0, 0.1) is 6.92 Å². The van der Waals surface area contributed by atoms with Gasteiger partial charge in [0.25, 0.3) is 0 Å². The molecule has 0 amide bonds. The number of fused-ring (bicyclic) bond motifs is 1. The Kier molecular flexibility index (Phi) is 7.33. The zero-order valence-electron chi connectivity index (χ0n) is 15.2. The zero-order chi connectivity index (χ0) is 17.9. The number of aryl methyl sites for hydroxylation is 1. The third-order valence-electron chi connectivity index (χ3n) is 4.49. The molecule has 1 aliphatic rings. The van der Waals surface area contributed by atoms with Crippen LogP contribution in [0.4, 0.5) is 0 Å². The highest BCUT2D eigenvalue weighted by atomic mass is 127. The first-order valence-electron chi connectivity index (χ1n) is 8.79. The molecule has 0 spiro atoms. The number of H-pyrrole nitrogens is 1. The highest BCUT2D eigenvalue weighted by Gasteiger charge is 2.28. The Balaban J connectivity index is 0.00000243. The van der Waals surface area contributed by atoms with Crippen molar-refractivity contribution in [3.8, 4) is 0 Å². The molecular weight excluding hydrogens is 463 g/mol. The lowest BCUT2D eigenvalue weighted by atomic mass is 10.1. The summed E-state index contributed by atoms with van der Waals surface area (Å²) in [6.07, 6.45) is 3.53. The molecule has 1 fully saturated rings. The maximum atomic E-state index is 11.6. The van der Waals surface area contributed by atoms with Crippen molar-refractivity contribution in [2.75, 3.05) is 24.6 Å². The minimum atomic E-state index is -2.89. The van der Waals surface area contributed by atoms with Crippen molar-refractivity contribution >= 4 is 50.7 Å². The van der Waals surface area contributed by atoms with Crippen molar-refractivity contribution in [3.63, 3.8) is 0 Å². The summed E-state index contributed by atoms with van der Waals surface area (Å²) in [7, 11) is -2.89. The molecule has 1 atom stereocenters. The van der Waals surface area contributed by atoms with Crippen LogP contribution in [0.25, 0.3) is 10.9 Å². The Labute approximate surface area is 172 Å². The molecule has 1 aromatic heterocycles. The van der Waals surface area contributed by atoms with E-state index in [0.29, 0.717) is 18.9 Å². The largest absolute Gasteiger partial charge is 0.361 e. The minimum absolute atomic E-state index is 0. The number of halogens is 1. The van der Waals surface area contributed by atoms with Gasteiger partial charge in [-0.15, -0.1) is 24.0 Å². The van der Waals surface area contributed by atoms with Crippen LogP contribution >= 0.6 is 24.0 Å². The fourth-order valence-electron chi connectivity index (χ4n) is 3.22. The van der Waals surface area contributed by atoms with Gasteiger partial charge in [0.05, 0.1) is 11.5 Å². The van der Waals surface area contributed by atoms with Gasteiger partial charge in [0.2, 0.25) is 0 Å². The van der Waals surface area contributed by atoms with Gasteiger partial charge < -0.3 is 15.6 Å². The number of nitrogens with zero attached hydrogens (tertiary/aromatic N) is 1. The number of hydrogen-bond acceptors (Lipinski definition) is 3. The first-order valence-corrected chi connectivity index (χ1v) is 10.6. The molecule has 0 saturated carbocycles. The molecule has 0 aliphatic carbocycles. The highest BCUT2D eigenvalue weighted by Crippen LogP contribution is 2.20. The van der Waals surface area contributed by atoms with Crippen LogP contribution in [-0.2, 0) is 16.3 Å². The normalized spacial score (nSPS) is 19.3. The van der Waals surface area contributed by atoms with Crippen LogP contribution < -0.4 is 10.6 Å². The number of hydrogen-bond donors (Lipinski definition) is 3. The monoisotopic (exact) mass is 490 g/mol. The summed E-state index contributed by atoms with van der Waals surface area (Å²) in [6.45, 7) is 5.49. The van der Waals surface area contributed by atoms with Crippen molar-refractivity contribution in [2.45, 2.75) is 32.7 Å². The van der Waals surface area contributed by atoms with E-state index in [1.807, 2.05) is 13.1 Å². The molecule has 3 N–H and O–H groups in total. The van der Waals surface area contributed by atoms with Gasteiger partial charge in [-0.25, -0.2) is 8.42 Å². The lowest BCUT2D eigenvalue weighted by Crippen LogP contribution is -2.44. The lowest BCUT2D eigenvalue weighted by molar-refractivity contribution is 0.599. The van der Waals surface area contributed by atoms with E-state index in [2.05, 4.69) is 45.7 Å². The van der Waals surface area contributed by atoms with Gasteiger partial charge in [-0.3, -0.25) is 4.99 Å². The predicted molar refractivity (Wildman–Crippen MR) is 118 cm³/mol. The summed E-state index contributed by atoms with van der Waals surface area (Å²) in [4.78, 5) is 7.92. The standard InChI is InChI=1S/C18H26N4O2S.HI/c1-3-19-18(22-15-7-9-25(23,24)12-15)20-8-6-14-11-21-17-10-13(2)4-5-16(14)17;/h4-5,10-11,15,21H,3,6-9,12H2,1-2H3,(H2,19,20,22);1H. The van der Waals surface area contributed by atoms with Gasteiger partial charge in [-0.2, -0.15) is 0 Å². The molecule has 1 aliphatic heterocycles. The third-order valence-corrected chi connectivity index (χ3v) is 6.26. The second kappa shape index (κ2) is 9.07. The Bertz CT molecular complexity index is 876. The molecule has 144 valence electrons. The van der Waals surface area contributed by atoms with Gasteiger partial charge in [-0.1, -0.05) is 12.1 Å². The van der Waals surface area contributed by atoms with E-state index in [9.17, 15) is 8.42 Å². The van der Waals surface area contributed by atoms with E-state index in [1.54, 1.807) is 0 Å². The number of aromatic amines is 1. The second-order valence-corrected chi connectivity index (χ2v) is 8.85. The van der Waals surface area contributed by atoms with Gasteiger partial charge in [-0.05, 0) is 43.9 Å². The molecule has 8 heteroatoms. The van der Waals surface area contributed by atoms with Gasteiger partial charge in [0, 0.05) is 36.2 Å². The first kappa shape index (κ1) is 21.0. The number of sulfone groups is 1. The van der Waals surface area contributed by atoms with Crippen molar-refractivity contribution in [3.05, 3.63) is 35.5 Å². The number of guanidine groups is 1.